The van der Waals surface area contributed by atoms with Gasteiger partial charge in [-0.3, -0.25) is 15.0 Å². The Morgan fingerprint density at radius 3 is 2.24 bits per heavy atom. The van der Waals surface area contributed by atoms with Crippen molar-refractivity contribution in [3.05, 3.63) is 65.5 Å². The molecule has 0 amide bonds. The van der Waals surface area contributed by atoms with E-state index in [9.17, 15) is 14.0 Å². The number of benzene rings is 2. The molecule has 0 radical (unpaired) electrons. The number of methoxy groups -OCH3 is 1. The average Bonchev–Trinajstić information content (AvgIpc) is 2.65. The molecule has 1 N–H and O–H groups in total. The number of carbonyl (C=O) groups is 2. The van der Waals surface area contributed by atoms with Crippen molar-refractivity contribution >= 4 is 17.5 Å². The van der Waals surface area contributed by atoms with E-state index in [1.807, 2.05) is 0 Å². The molecule has 2 aromatic carbocycles. The normalized spacial score (nSPS) is 11.5. The number of esters is 1. The summed E-state index contributed by atoms with van der Waals surface area (Å²) in [4.78, 5) is 23.5. The van der Waals surface area contributed by atoms with E-state index in [0.29, 0.717) is 11.3 Å². The van der Waals surface area contributed by atoms with Crippen molar-refractivity contribution in [3.8, 4) is 5.75 Å². The van der Waals surface area contributed by atoms with Crippen molar-refractivity contribution in [3.63, 3.8) is 0 Å². The maximum Gasteiger partial charge on any atom is 0.316 e. The van der Waals surface area contributed by atoms with Crippen LogP contribution in [0.4, 0.5) is 4.39 Å². The molecule has 0 spiro atoms. The zero-order valence-corrected chi connectivity index (χ0v) is 13.9. The number of ketones is 1. The molecule has 1 unspecified atom stereocenters. The van der Waals surface area contributed by atoms with Crippen LogP contribution in [0.3, 0.4) is 0 Å². The maximum atomic E-state index is 12.8. The van der Waals surface area contributed by atoms with Crippen molar-refractivity contribution in [2.45, 2.75) is 13.5 Å². The van der Waals surface area contributed by atoms with Crippen LogP contribution in [-0.4, -0.2) is 24.6 Å². The number of rotatable bonds is 7. The second kappa shape index (κ2) is 8.19. The van der Waals surface area contributed by atoms with Gasteiger partial charge in [0.05, 0.1) is 7.11 Å². The van der Waals surface area contributed by atoms with Gasteiger partial charge in [0.1, 0.15) is 29.8 Å². The van der Waals surface area contributed by atoms with Crippen molar-refractivity contribution in [2.75, 3.05) is 7.11 Å². The van der Waals surface area contributed by atoms with E-state index in [1.54, 1.807) is 36.4 Å². The molecule has 0 aromatic heterocycles. The summed E-state index contributed by atoms with van der Waals surface area (Å²) >= 11 is 0. The lowest BCUT2D eigenvalue weighted by molar-refractivity contribution is -0.147. The van der Waals surface area contributed by atoms with Crippen LogP contribution in [0.2, 0.25) is 0 Å². The second-order valence-electron chi connectivity index (χ2n) is 5.42. The quantitative estimate of drug-likeness (QED) is 0.476. The largest absolute Gasteiger partial charge is 0.489 e. The molecule has 0 heterocycles. The van der Waals surface area contributed by atoms with Gasteiger partial charge in [0.25, 0.3) is 0 Å². The molecular weight excluding hydrogens is 325 g/mol. The van der Waals surface area contributed by atoms with E-state index >= 15 is 0 Å². The second-order valence-corrected chi connectivity index (χ2v) is 5.42. The van der Waals surface area contributed by atoms with Crippen molar-refractivity contribution in [2.24, 2.45) is 5.92 Å². The number of ether oxygens (including phenoxy) is 2. The highest BCUT2D eigenvalue weighted by atomic mass is 19.1. The Hall–Kier alpha value is -3.02. The van der Waals surface area contributed by atoms with E-state index in [-0.39, 0.29) is 18.1 Å². The fourth-order valence-corrected chi connectivity index (χ4v) is 2.11. The first-order valence-corrected chi connectivity index (χ1v) is 7.60. The number of Topliss-reactive ketones (excluding diaryl/α,β-unsaturated/α-hetero) is 1. The van der Waals surface area contributed by atoms with Gasteiger partial charge in [-0.25, -0.2) is 4.39 Å². The predicted octanol–water partition coefficient (Wildman–Crippen LogP) is 3.15. The fraction of sp³-hybridized carbons (Fsp3) is 0.211. The molecule has 2 aromatic rings. The SMILES string of the molecule is COC(=O)C(C)C(=O)C(=N)c1ccc(OCc2ccc(F)cc2)cc1. The zero-order chi connectivity index (χ0) is 18.4. The molecular formula is C19H18FNO4. The Morgan fingerprint density at radius 1 is 1.08 bits per heavy atom. The van der Waals surface area contributed by atoms with Gasteiger partial charge < -0.3 is 9.47 Å². The summed E-state index contributed by atoms with van der Waals surface area (Å²) in [5, 5.41) is 7.93. The van der Waals surface area contributed by atoms with Gasteiger partial charge in [0.15, 0.2) is 5.78 Å². The summed E-state index contributed by atoms with van der Waals surface area (Å²) in [6.07, 6.45) is 0. The monoisotopic (exact) mass is 343 g/mol. The Balaban J connectivity index is 1.99. The van der Waals surface area contributed by atoms with Gasteiger partial charge >= 0.3 is 5.97 Å². The molecule has 0 saturated heterocycles. The van der Waals surface area contributed by atoms with Gasteiger partial charge in [-0.1, -0.05) is 12.1 Å². The van der Waals surface area contributed by atoms with Gasteiger partial charge in [0, 0.05) is 5.56 Å². The van der Waals surface area contributed by atoms with Crippen molar-refractivity contribution in [1.29, 1.82) is 5.41 Å². The van der Waals surface area contributed by atoms with Gasteiger partial charge in [-0.15, -0.1) is 0 Å². The number of carbonyl (C=O) groups excluding carboxylic acids is 2. The number of nitrogens with one attached hydrogen (secondary N) is 1. The van der Waals surface area contributed by atoms with E-state index in [4.69, 9.17) is 10.1 Å². The average molecular weight is 343 g/mol. The standard InChI is InChI=1S/C19H18FNO4/c1-12(19(23)24-2)18(22)17(21)14-5-9-16(10-6-14)25-11-13-3-7-15(20)8-4-13/h3-10,12,21H,11H2,1-2H3. The molecule has 130 valence electrons. The Kier molecular flexibility index (Phi) is 6.00. The fourth-order valence-electron chi connectivity index (χ4n) is 2.11. The predicted molar refractivity (Wildman–Crippen MR) is 90.2 cm³/mol. The van der Waals surface area contributed by atoms with E-state index in [0.717, 1.165) is 5.56 Å². The topological polar surface area (TPSA) is 76.5 Å². The van der Waals surface area contributed by atoms with E-state index < -0.39 is 17.7 Å². The van der Waals surface area contributed by atoms with Crippen LogP contribution in [0.1, 0.15) is 18.1 Å². The Labute approximate surface area is 144 Å². The minimum atomic E-state index is -1.02. The minimum Gasteiger partial charge on any atom is -0.489 e. The Bertz CT molecular complexity index is 769. The maximum absolute atomic E-state index is 12.8. The van der Waals surface area contributed by atoms with Crippen LogP contribution in [0.15, 0.2) is 48.5 Å². The van der Waals surface area contributed by atoms with Crippen LogP contribution < -0.4 is 4.74 Å². The third kappa shape index (κ3) is 4.73. The zero-order valence-electron chi connectivity index (χ0n) is 13.9. The number of hydrogen-bond acceptors (Lipinski definition) is 5. The smallest absolute Gasteiger partial charge is 0.316 e. The van der Waals surface area contributed by atoms with E-state index in [1.165, 1.54) is 26.2 Å². The van der Waals surface area contributed by atoms with E-state index in [2.05, 4.69) is 4.74 Å². The van der Waals surface area contributed by atoms with Gasteiger partial charge in [0.2, 0.25) is 0 Å². The van der Waals surface area contributed by atoms with Crippen LogP contribution in [0, 0.1) is 17.1 Å². The summed E-state index contributed by atoms with van der Waals surface area (Å²) in [6, 6.07) is 12.4. The lowest BCUT2D eigenvalue weighted by Crippen LogP contribution is -2.28. The number of halogens is 1. The molecule has 0 saturated carbocycles. The summed E-state index contributed by atoms with van der Waals surface area (Å²) in [5.74, 6) is -2.06. The first kappa shape index (κ1) is 18.3. The first-order valence-electron chi connectivity index (χ1n) is 7.60. The molecule has 5 nitrogen and oxygen atoms in total. The van der Waals surface area contributed by atoms with Crippen LogP contribution in [-0.2, 0) is 20.9 Å². The molecule has 2 rings (SSSR count). The van der Waals surface area contributed by atoms with Crippen LogP contribution >= 0.6 is 0 Å². The van der Waals surface area contributed by atoms with Gasteiger partial charge in [-0.05, 0) is 48.9 Å². The molecule has 6 heteroatoms. The van der Waals surface area contributed by atoms with Crippen molar-refractivity contribution in [1.82, 2.24) is 0 Å². The highest BCUT2D eigenvalue weighted by Crippen LogP contribution is 2.16. The first-order chi connectivity index (χ1) is 11.9. The minimum absolute atomic E-state index is 0.261. The Morgan fingerprint density at radius 2 is 1.68 bits per heavy atom. The summed E-state index contributed by atoms with van der Waals surface area (Å²) in [5.41, 5.74) is 0.943. The summed E-state index contributed by atoms with van der Waals surface area (Å²) in [6.45, 7) is 1.68. The summed E-state index contributed by atoms with van der Waals surface area (Å²) < 4.78 is 22.9. The molecule has 1 atom stereocenters. The van der Waals surface area contributed by atoms with Crippen LogP contribution in [0.25, 0.3) is 0 Å². The highest BCUT2D eigenvalue weighted by Gasteiger charge is 2.26. The molecule has 0 aliphatic heterocycles. The third-order valence-corrected chi connectivity index (χ3v) is 3.66. The molecule has 25 heavy (non-hydrogen) atoms. The molecule has 0 aliphatic carbocycles. The molecule has 0 aliphatic rings. The van der Waals surface area contributed by atoms with Crippen molar-refractivity contribution < 1.29 is 23.5 Å². The highest BCUT2D eigenvalue weighted by molar-refractivity contribution is 6.47. The summed E-state index contributed by atoms with van der Waals surface area (Å²) in [7, 11) is 1.20. The van der Waals surface area contributed by atoms with Crippen LogP contribution in [0.5, 0.6) is 5.75 Å². The lowest BCUT2D eigenvalue weighted by Gasteiger charge is -2.10. The van der Waals surface area contributed by atoms with Gasteiger partial charge in [-0.2, -0.15) is 0 Å². The molecule has 0 fully saturated rings. The lowest BCUT2D eigenvalue weighted by atomic mass is 9.97. The molecule has 0 bridgehead atoms. The third-order valence-electron chi connectivity index (χ3n) is 3.66. The number of hydrogen-bond donors (Lipinski definition) is 1.